The van der Waals surface area contributed by atoms with E-state index in [9.17, 15) is 33.9 Å². The summed E-state index contributed by atoms with van der Waals surface area (Å²) in [6.45, 7) is 0. The number of hydrogen-bond acceptors (Lipinski definition) is 9. The van der Waals surface area contributed by atoms with Crippen molar-refractivity contribution < 1.29 is 39.0 Å². The van der Waals surface area contributed by atoms with Gasteiger partial charge in [0.1, 0.15) is 18.1 Å². The van der Waals surface area contributed by atoms with E-state index >= 15 is 0 Å². The number of carboxylic acids is 2. The molecule has 0 aromatic carbocycles. The lowest BCUT2D eigenvalue weighted by atomic mass is 10.1. The van der Waals surface area contributed by atoms with E-state index in [2.05, 4.69) is 25.9 Å². The van der Waals surface area contributed by atoms with Crippen molar-refractivity contribution in [2.45, 2.75) is 56.3 Å². The Morgan fingerprint density at radius 1 is 1.00 bits per heavy atom. The fraction of sp³-hybridized carbons (Fsp3) is 0.550. The molecule has 0 fully saturated rings. The normalized spacial score (nSPS) is 14.1. The van der Waals surface area contributed by atoms with Gasteiger partial charge in [-0.2, -0.15) is 11.8 Å². The number of nitrogens with zero attached hydrogens (tertiary/aromatic N) is 1. The SMILES string of the molecule is CSCCC(NC(=O)C(N)Cc1cnc[nH]1)C(=O)NC(CCC(=O)O)C(=O)NC(CC(N)=O)C(=O)O. The number of amides is 4. The van der Waals surface area contributed by atoms with Gasteiger partial charge < -0.3 is 42.6 Å². The number of aromatic amines is 1. The zero-order valence-corrected chi connectivity index (χ0v) is 20.4. The van der Waals surface area contributed by atoms with Crippen molar-refractivity contribution in [2.75, 3.05) is 12.0 Å². The lowest BCUT2D eigenvalue weighted by Gasteiger charge is -2.25. The summed E-state index contributed by atoms with van der Waals surface area (Å²) in [5.41, 5.74) is 11.5. The number of aromatic nitrogens is 2. The van der Waals surface area contributed by atoms with E-state index in [4.69, 9.17) is 16.6 Å². The second kappa shape index (κ2) is 15.4. The molecule has 0 spiro atoms. The molecule has 4 atom stereocenters. The minimum Gasteiger partial charge on any atom is -0.481 e. The third kappa shape index (κ3) is 11.2. The Hall–Kier alpha value is -3.66. The maximum atomic E-state index is 13.0. The Morgan fingerprint density at radius 2 is 1.58 bits per heavy atom. The molecule has 15 nitrogen and oxygen atoms in total. The van der Waals surface area contributed by atoms with Crippen molar-refractivity contribution in [3.8, 4) is 0 Å². The average Bonchev–Trinajstić information content (AvgIpc) is 3.30. The molecule has 0 bridgehead atoms. The van der Waals surface area contributed by atoms with Crippen molar-refractivity contribution in [2.24, 2.45) is 11.5 Å². The van der Waals surface area contributed by atoms with Gasteiger partial charge in [0.2, 0.25) is 23.6 Å². The molecule has 1 aromatic rings. The summed E-state index contributed by atoms with van der Waals surface area (Å²) in [6.07, 6.45) is 3.40. The zero-order valence-electron chi connectivity index (χ0n) is 19.6. The van der Waals surface area contributed by atoms with E-state index in [1.54, 1.807) is 6.26 Å². The van der Waals surface area contributed by atoms with E-state index in [0.717, 1.165) is 0 Å². The molecule has 0 saturated carbocycles. The molecule has 0 saturated heterocycles. The van der Waals surface area contributed by atoms with E-state index in [1.165, 1.54) is 24.3 Å². The number of carboxylic acid groups (broad SMARTS) is 2. The van der Waals surface area contributed by atoms with Crippen molar-refractivity contribution in [1.29, 1.82) is 0 Å². The molecule has 1 heterocycles. The Bertz CT molecular complexity index is 927. The van der Waals surface area contributed by atoms with Gasteiger partial charge in [0.15, 0.2) is 0 Å². The Labute approximate surface area is 210 Å². The highest BCUT2D eigenvalue weighted by atomic mass is 32.2. The smallest absolute Gasteiger partial charge is 0.326 e. The van der Waals surface area contributed by atoms with Crippen LogP contribution in [0.25, 0.3) is 0 Å². The summed E-state index contributed by atoms with van der Waals surface area (Å²) in [6, 6.07) is -5.26. The summed E-state index contributed by atoms with van der Waals surface area (Å²) in [5, 5.41) is 25.2. The van der Waals surface area contributed by atoms with Gasteiger partial charge in [0.25, 0.3) is 0 Å². The van der Waals surface area contributed by atoms with Crippen molar-refractivity contribution >= 4 is 47.3 Å². The number of H-pyrrole nitrogens is 1. The molecule has 4 unspecified atom stereocenters. The average molecular weight is 530 g/mol. The highest BCUT2D eigenvalue weighted by molar-refractivity contribution is 7.98. The molecule has 200 valence electrons. The molecule has 0 aliphatic carbocycles. The maximum absolute atomic E-state index is 13.0. The lowest BCUT2D eigenvalue weighted by Crippen LogP contribution is -2.57. The molecule has 0 radical (unpaired) electrons. The monoisotopic (exact) mass is 529 g/mol. The number of thioether (sulfide) groups is 1. The van der Waals surface area contributed by atoms with Gasteiger partial charge in [0.05, 0.1) is 18.8 Å². The van der Waals surface area contributed by atoms with Crippen molar-refractivity contribution in [3.05, 3.63) is 18.2 Å². The number of nitrogens with one attached hydrogen (secondary N) is 4. The third-order valence-corrected chi connectivity index (χ3v) is 5.52. The van der Waals surface area contributed by atoms with Crippen LogP contribution in [0.15, 0.2) is 12.5 Å². The van der Waals surface area contributed by atoms with Crippen molar-refractivity contribution in [1.82, 2.24) is 25.9 Å². The number of carbonyl (C=O) groups excluding carboxylic acids is 4. The first-order valence-corrected chi connectivity index (χ1v) is 12.2. The van der Waals surface area contributed by atoms with Crippen LogP contribution < -0.4 is 27.4 Å². The minimum absolute atomic E-state index is 0.128. The molecule has 1 rings (SSSR count). The van der Waals surface area contributed by atoms with E-state index in [1.807, 2.05) is 0 Å². The van der Waals surface area contributed by atoms with E-state index < -0.39 is 72.6 Å². The van der Waals surface area contributed by atoms with Crippen LogP contribution in [0.1, 0.15) is 31.4 Å². The van der Waals surface area contributed by atoms with Crippen LogP contribution in [-0.2, 0) is 35.2 Å². The maximum Gasteiger partial charge on any atom is 0.326 e. The summed E-state index contributed by atoms with van der Waals surface area (Å²) >= 11 is 1.40. The summed E-state index contributed by atoms with van der Waals surface area (Å²) in [7, 11) is 0. The Balaban J connectivity index is 2.96. The first kappa shape index (κ1) is 30.4. The largest absolute Gasteiger partial charge is 0.481 e. The number of hydrogen-bond donors (Lipinski definition) is 8. The fourth-order valence-corrected chi connectivity index (χ4v) is 3.46. The molecule has 4 amide bonds. The van der Waals surface area contributed by atoms with Crippen molar-refractivity contribution in [3.63, 3.8) is 0 Å². The minimum atomic E-state index is -1.67. The fourth-order valence-electron chi connectivity index (χ4n) is 2.99. The second-order valence-corrected chi connectivity index (χ2v) is 8.78. The highest BCUT2D eigenvalue weighted by Crippen LogP contribution is 2.06. The second-order valence-electron chi connectivity index (χ2n) is 7.79. The first-order valence-electron chi connectivity index (χ1n) is 10.8. The van der Waals surface area contributed by atoms with Crippen LogP contribution in [-0.4, -0.2) is 91.9 Å². The standard InChI is InChI=1S/C20H31N7O8S/c1-36-5-4-13(25-17(31)11(21)6-10-8-23-9-24-10)19(33)26-12(2-3-16(29)30)18(32)27-14(20(34)35)7-15(22)28/h8-9,11-14H,2-7,21H2,1H3,(H2,22,28)(H,23,24)(H,25,31)(H,26,33)(H,27,32)(H,29,30)(H,34,35). The van der Waals surface area contributed by atoms with Gasteiger partial charge in [-0.1, -0.05) is 0 Å². The topological polar surface area (TPSA) is 260 Å². The Morgan fingerprint density at radius 3 is 2.08 bits per heavy atom. The number of nitrogens with two attached hydrogens (primary N) is 2. The molecule has 10 N–H and O–H groups in total. The number of rotatable bonds is 17. The highest BCUT2D eigenvalue weighted by Gasteiger charge is 2.31. The van der Waals surface area contributed by atoms with Gasteiger partial charge in [-0.15, -0.1) is 0 Å². The summed E-state index contributed by atoms with van der Waals surface area (Å²) < 4.78 is 0. The van der Waals surface area contributed by atoms with Crippen LogP contribution in [0.4, 0.5) is 0 Å². The molecule has 0 aliphatic heterocycles. The van der Waals surface area contributed by atoms with Crippen LogP contribution in [0, 0.1) is 0 Å². The lowest BCUT2D eigenvalue weighted by molar-refractivity contribution is -0.144. The molecular weight excluding hydrogens is 498 g/mol. The summed E-state index contributed by atoms with van der Waals surface area (Å²) in [4.78, 5) is 78.4. The molecule has 0 aliphatic rings. The van der Waals surface area contributed by atoms with Crippen LogP contribution in [0.3, 0.4) is 0 Å². The van der Waals surface area contributed by atoms with Crippen LogP contribution >= 0.6 is 11.8 Å². The Kier molecular flexibility index (Phi) is 13.0. The van der Waals surface area contributed by atoms with Crippen LogP contribution in [0.5, 0.6) is 0 Å². The predicted molar refractivity (Wildman–Crippen MR) is 127 cm³/mol. The van der Waals surface area contributed by atoms with Gasteiger partial charge in [-0.25, -0.2) is 9.78 Å². The quantitative estimate of drug-likeness (QED) is 0.103. The van der Waals surface area contributed by atoms with Gasteiger partial charge in [-0.05, 0) is 24.9 Å². The molecule has 36 heavy (non-hydrogen) atoms. The van der Waals surface area contributed by atoms with E-state index in [-0.39, 0.29) is 19.3 Å². The van der Waals surface area contributed by atoms with Gasteiger partial charge in [0, 0.05) is 24.7 Å². The zero-order chi connectivity index (χ0) is 27.3. The third-order valence-electron chi connectivity index (χ3n) is 4.87. The molecule has 16 heteroatoms. The number of carbonyl (C=O) groups is 6. The number of imidazole rings is 1. The van der Waals surface area contributed by atoms with E-state index in [0.29, 0.717) is 11.4 Å². The molecular formula is C20H31N7O8S. The number of aliphatic carboxylic acids is 2. The van der Waals surface area contributed by atoms with Gasteiger partial charge in [-0.3, -0.25) is 24.0 Å². The van der Waals surface area contributed by atoms with Crippen LogP contribution in [0.2, 0.25) is 0 Å². The summed E-state index contributed by atoms with van der Waals surface area (Å²) in [5.74, 6) is -5.78. The molecule has 1 aromatic heterocycles. The predicted octanol–water partition coefficient (Wildman–Crippen LogP) is -2.69. The first-order chi connectivity index (χ1) is 16.9. The van der Waals surface area contributed by atoms with Gasteiger partial charge >= 0.3 is 11.9 Å². The number of primary amides is 1.